The fraction of sp³-hybridized carbons (Fsp3) is 0.774. The van der Waals surface area contributed by atoms with Gasteiger partial charge in [-0.25, -0.2) is 0 Å². The van der Waals surface area contributed by atoms with Crippen LogP contribution in [-0.2, 0) is 57.1 Å². The van der Waals surface area contributed by atoms with Crippen molar-refractivity contribution in [3.63, 3.8) is 0 Å². The summed E-state index contributed by atoms with van der Waals surface area (Å²) in [4.78, 5) is 65.0. The molecule has 0 N–H and O–H groups in total. The van der Waals surface area contributed by atoms with E-state index in [4.69, 9.17) is 44.8 Å². The molecule has 13 unspecified atom stereocenters. The summed E-state index contributed by atoms with van der Waals surface area (Å²) in [7, 11) is 0. The molecule has 0 aromatic carbocycles. The van der Waals surface area contributed by atoms with E-state index in [1.54, 1.807) is 13.8 Å². The van der Waals surface area contributed by atoms with Gasteiger partial charge in [-0.1, -0.05) is 49.9 Å². The standard InChI is InChI=1S/C31H40ClIO12/c1-12(2)9-20(37)43-19-10-18(40-15(5)34)29(8)24(30(19)11-39-30)27(42-17(7)36)31-14(4)28(38)44-25(31)21(32)13(3)23(45-31)22(33)26(29)41-16(6)35/h12,14,18-19,21-27H,3,9-11H2,1-2,4-8H3. The number of rotatable bonds is 6. The van der Waals surface area contributed by atoms with Crippen molar-refractivity contribution >= 4 is 64.0 Å². The normalized spacial score (nSPS) is 44.9. The minimum Gasteiger partial charge on any atom is -0.462 e. The average Bonchev–Trinajstić information content (AvgIpc) is 3.66. The first-order valence-corrected chi connectivity index (χ1v) is 16.8. The van der Waals surface area contributed by atoms with Crippen LogP contribution in [0.4, 0.5) is 0 Å². The molecule has 1 aliphatic carbocycles. The third kappa shape index (κ3) is 5.37. The van der Waals surface area contributed by atoms with Crippen LogP contribution in [0.25, 0.3) is 0 Å². The van der Waals surface area contributed by atoms with Crippen molar-refractivity contribution in [2.75, 3.05) is 6.61 Å². The summed E-state index contributed by atoms with van der Waals surface area (Å²) >= 11 is 9.12. The van der Waals surface area contributed by atoms with Gasteiger partial charge in [-0.3, -0.25) is 24.0 Å². The van der Waals surface area contributed by atoms with Gasteiger partial charge in [-0.15, -0.1) is 11.6 Å². The molecule has 2 bridgehead atoms. The van der Waals surface area contributed by atoms with Crippen LogP contribution in [0.5, 0.6) is 0 Å². The summed E-state index contributed by atoms with van der Waals surface area (Å²) in [5, 5.41) is -0.959. The Kier molecular flexibility index (Phi) is 9.11. The Labute approximate surface area is 280 Å². The van der Waals surface area contributed by atoms with Crippen LogP contribution < -0.4 is 0 Å². The van der Waals surface area contributed by atoms with Gasteiger partial charge in [-0.2, -0.15) is 0 Å². The van der Waals surface area contributed by atoms with Crippen molar-refractivity contribution in [2.24, 2.45) is 23.2 Å². The highest BCUT2D eigenvalue weighted by Gasteiger charge is 2.82. The number of esters is 5. The van der Waals surface area contributed by atoms with Crippen molar-refractivity contribution in [3.05, 3.63) is 12.2 Å². The second-order valence-electron chi connectivity index (χ2n) is 13.4. The maximum absolute atomic E-state index is 13.4. The number of carbonyl (C=O) groups is 5. The molecule has 14 heteroatoms. The predicted molar refractivity (Wildman–Crippen MR) is 164 cm³/mol. The van der Waals surface area contributed by atoms with Gasteiger partial charge in [0.2, 0.25) is 0 Å². The van der Waals surface area contributed by atoms with E-state index in [9.17, 15) is 24.0 Å². The quantitative estimate of drug-likeness (QED) is 0.0975. The summed E-state index contributed by atoms with van der Waals surface area (Å²) in [5.41, 5.74) is -3.94. The lowest BCUT2D eigenvalue weighted by molar-refractivity contribution is -0.293. The first kappa shape index (κ1) is 34.4. The number of epoxide rings is 1. The number of hydrogen-bond acceptors (Lipinski definition) is 12. The van der Waals surface area contributed by atoms with Gasteiger partial charge in [0.05, 0.1) is 33.3 Å². The van der Waals surface area contributed by atoms with Crippen LogP contribution in [-0.4, -0.2) is 93.6 Å². The predicted octanol–water partition coefficient (Wildman–Crippen LogP) is 3.21. The first-order chi connectivity index (χ1) is 20.9. The Morgan fingerprint density at radius 1 is 1.02 bits per heavy atom. The van der Waals surface area contributed by atoms with Crippen LogP contribution in [0.15, 0.2) is 12.2 Å². The molecule has 5 aliphatic rings. The van der Waals surface area contributed by atoms with Crippen molar-refractivity contribution in [2.45, 2.75) is 118 Å². The minimum atomic E-state index is -1.67. The molecule has 0 radical (unpaired) electrons. The Balaban J connectivity index is 1.82. The fourth-order valence-electron chi connectivity index (χ4n) is 8.10. The molecule has 1 saturated carbocycles. The van der Waals surface area contributed by atoms with Gasteiger partial charge in [0.1, 0.15) is 30.0 Å². The molecule has 5 fully saturated rings. The molecular weight excluding hydrogens is 727 g/mol. The fourth-order valence-corrected chi connectivity index (χ4v) is 10.0. The molecule has 12 nitrogen and oxygen atoms in total. The molecule has 4 aliphatic heterocycles. The molecular formula is C31H40ClIO12. The second kappa shape index (κ2) is 11.9. The molecule has 5 rings (SSSR count). The number of fused-ring (bicyclic) bond motifs is 3. The van der Waals surface area contributed by atoms with Gasteiger partial charge < -0.3 is 33.2 Å². The topological polar surface area (TPSA) is 153 Å². The lowest BCUT2D eigenvalue weighted by Crippen LogP contribution is -2.78. The summed E-state index contributed by atoms with van der Waals surface area (Å²) in [6.07, 6.45) is -6.28. The highest BCUT2D eigenvalue weighted by molar-refractivity contribution is 14.1. The second-order valence-corrected chi connectivity index (χ2v) is 15.4. The summed E-state index contributed by atoms with van der Waals surface area (Å²) in [6.45, 7) is 15.1. The van der Waals surface area contributed by atoms with Crippen molar-refractivity contribution in [1.82, 2.24) is 0 Å². The molecule has 4 heterocycles. The first-order valence-electron chi connectivity index (χ1n) is 15.1. The van der Waals surface area contributed by atoms with Crippen LogP contribution in [0, 0.1) is 23.2 Å². The molecule has 250 valence electrons. The molecule has 0 aromatic heterocycles. The van der Waals surface area contributed by atoms with E-state index in [0.29, 0.717) is 5.57 Å². The smallest absolute Gasteiger partial charge is 0.312 e. The molecule has 45 heavy (non-hydrogen) atoms. The van der Waals surface area contributed by atoms with Crippen molar-refractivity contribution in [1.29, 1.82) is 0 Å². The lowest BCUT2D eigenvalue weighted by Gasteiger charge is -2.63. The van der Waals surface area contributed by atoms with Gasteiger partial charge in [-0.05, 0) is 18.4 Å². The minimum absolute atomic E-state index is 0.00141. The van der Waals surface area contributed by atoms with E-state index < -0.39 is 104 Å². The lowest BCUT2D eigenvalue weighted by atomic mass is 9.50. The summed E-state index contributed by atoms with van der Waals surface area (Å²) < 4.78 is 42.6. The van der Waals surface area contributed by atoms with E-state index >= 15 is 0 Å². The summed E-state index contributed by atoms with van der Waals surface area (Å²) in [6, 6.07) is 0. The highest BCUT2D eigenvalue weighted by atomic mass is 127. The number of alkyl halides is 2. The molecule has 0 amide bonds. The van der Waals surface area contributed by atoms with Crippen LogP contribution >= 0.6 is 34.2 Å². The monoisotopic (exact) mass is 766 g/mol. The SMILES string of the molecule is C=C1C(Cl)C2OC(=O)C(C)C23OC1C(I)C(OC(C)=O)C1(C)C(OC(C)=O)CC(OC(=O)CC(C)C)C2(CO2)C1C3OC(C)=O. The van der Waals surface area contributed by atoms with E-state index in [1.165, 1.54) is 20.8 Å². The zero-order valence-electron chi connectivity index (χ0n) is 26.3. The van der Waals surface area contributed by atoms with Crippen LogP contribution in [0.1, 0.15) is 61.3 Å². The Bertz CT molecular complexity index is 1300. The number of hydrogen-bond donors (Lipinski definition) is 0. The Morgan fingerprint density at radius 2 is 1.60 bits per heavy atom. The molecule has 13 atom stereocenters. The number of ether oxygens (including phenoxy) is 7. The Hall–Kier alpha value is -1.97. The Morgan fingerprint density at radius 3 is 2.13 bits per heavy atom. The largest absolute Gasteiger partial charge is 0.462 e. The van der Waals surface area contributed by atoms with E-state index in [2.05, 4.69) is 29.2 Å². The average molecular weight is 767 g/mol. The zero-order valence-corrected chi connectivity index (χ0v) is 29.2. The van der Waals surface area contributed by atoms with Gasteiger partial charge in [0.25, 0.3) is 0 Å². The zero-order chi connectivity index (χ0) is 33.4. The van der Waals surface area contributed by atoms with E-state index in [-0.39, 0.29) is 25.4 Å². The van der Waals surface area contributed by atoms with Crippen molar-refractivity contribution in [3.8, 4) is 0 Å². The highest BCUT2D eigenvalue weighted by Crippen LogP contribution is 2.66. The van der Waals surface area contributed by atoms with E-state index in [0.717, 1.165) is 0 Å². The van der Waals surface area contributed by atoms with Gasteiger partial charge in [0, 0.05) is 39.5 Å². The van der Waals surface area contributed by atoms with Crippen molar-refractivity contribution < 1.29 is 57.1 Å². The maximum atomic E-state index is 13.4. The van der Waals surface area contributed by atoms with Crippen LogP contribution in [0.3, 0.4) is 0 Å². The third-order valence-electron chi connectivity index (χ3n) is 10.1. The van der Waals surface area contributed by atoms with Crippen LogP contribution in [0.2, 0.25) is 0 Å². The number of carbonyl (C=O) groups excluding carboxylic acids is 5. The third-order valence-corrected chi connectivity index (χ3v) is 11.9. The molecule has 4 saturated heterocycles. The molecule has 0 aromatic rings. The summed E-state index contributed by atoms with van der Waals surface area (Å²) in [5.74, 6) is -5.06. The van der Waals surface area contributed by atoms with E-state index in [1.807, 2.05) is 13.8 Å². The van der Waals surface area contributed by atoms with Gasteiger partial charge >= 0.3 is 29.8 Å². The van der Waals surface area contributed by atoms with Gasteiger partial charge in [0.15, 0.2) is 11.7 Å². The maximum Gasteiger partial charge on any atom is 0.312 e. The number of halogens is 2. The molecule has 2 spiro atoms.